The number of aromatic nitrogens is 3. The predicted octanol–water partition coefficient (Wildman–Crippen LogP) is 4.42. The molecule has 3 heterocycles. The Morgan fingerprint density at radius 2 is 1.91 bits per heavy atom. The van der Waals surface area contributed by atoms with Gasteiger partial charge in [-0.25, -0.2) is 4.98 Å². The minimum Gasteiger partial charge on any atom is -0.360 e. The molecule has 0 aliphatic carbocycles. The Balaban J connectivity index is 2.16. The molecular formula is C18H17BrN4. The molecule has 0 fully saturated rings. The third-order valence-electron chi connectivity index (χ3n) is 3.64. The van der Waals surface area contributed by atoms with Crippen LogP contribution in [0.1, 0.15) is 6.92 Å². The topological polar surface area (TPSA) is 41.9 Å². The molecule has 0 unspecified atom stereocenters. The molecule has 0 aliphatic rings. The van der Waals surface area contributed by atoms with Gasteiger partial charge in [0.2, 0.25) is 0 Å². The summed E-state index contributed by atoms with van der Waals surface area (Å²) in [5.74, 6) is 0.922. The highest BCUT2D eigenvalue weighted by atomic mass is 79.9. The first-order valence-corrected chi connectivity index (χ1v) is 8.22. The van der Waals surface area contributed by atoms with Gasteiger partial charge in [-0.2, -0.15) is 0 Å². The largest absolute Gasteiger partial charge is 0.360 e. The van der Waals surface area contributed by atoms with Crippen LogP contribution in [-0.2, 0) is 0 Å². The van der Waals surface area contributed by atoms with Gasteiger partial charge in [-0.15, -0.1) is 0 Å². The predicted molar refractivity (Wildman–Crippen MR) is 97.3 cm³/mol. The summed E-state index contributed by atoms with van der Waals surface area (Å²) in [5, 5.41) is 0. The lowest BCUT2D eigenvalue weighted by Gasteiger charge is -2.18. The number of pyridine rings is 3. The zero-order chi connectivity index (χ0) is 16.2. The summed E-state index contributed by atoms with van der Waals surface area (Å²) in [7, 11) is 2.04. The van der Waals surface area contributed by atoms with E-state index in [0.717, 1.165) is 39.4 Å². The molecular weight excluding hydrogens is 352 g/mol. The van der Waals surface area contributed by atoms with Gasteiger partial charge in [0.15, 0.2) is 0 Å². The molecule has 3 rings (SSSR count). The van der Waals surface area contributed by atoms with Crippen LogP contribution in [0.2, 0.25) is 0 Å². The third kappa shape index (κ3) is 3.56. The van der Waals surface area contributed by atoms with Gasteiger partial charge in [0.1, 0.15) is 5.82 Å². The van der Waals surface area contributed by atoms with E-state index in [9.17, 15) is 0 Å². The smallest absolute Gasteiger partial charge is 0.129 e. The first kappa shape index (κ1) is 15.6. The lowest BCUT2D eigenvalue weighted by atomic mass is 10.1. The van der Waals surface area contributed by atoms with Gasteiger partial charge in [0.25, 0.3) is 0 Å². The van der Waals surface area contributed by atoms with Crippen LogP contribution in [0.25, 0.3) is 22.5 Å². The number of hydrogen-bond donors (Lipinski definition) is 0. The lowest BCUT2D eigenvalue weighted by molar-refractivity contribution is 0.939. The van der Waals surface area contributed by atoms with E-state index in [1.807, 2.05) is 31.4 Å². The molecule has 0 saturated carbocycles. The van der Waals surface area contributed by atoms with Gasteiger partial charge in [-0.3, -0.25) is 9.97 Å². The minimum absolute atomic E-state index is 0.860. The van der Waals surface area contributed by atoms with Crippen LogP contribution in [-0.4, -0.2) is 28.5 Å². The molecule has 0 atom stereocenters. The molecule has 3 aromatic heterocycles. The van der Waals surface area contributed by atoms with Gasteiger partial charge in [-0.1, -0.05) is 6.07 Å². The molecule has 0 amide bonds. The van der Waals surface area contributed by atoms with E-state index in [4.69, 9.17) is 4.98 Å². The van der Waals surface area contributed by atoms with Crippen molar-refractivity contribution >= 4 is 21.7 Å². The van der Waals surface area contributed by atoms with Crippen molar-refractivity contribution < 1.29 is 0 Å². The first-order chi connectivity index (χ1) is 11.2. The summed E-state index contributed by atoms with van der Waals surface area (Å²) in [6.45, 7) is 2.99. The van der Waals surface area contributed by atoms with Crippen molar-refractivity contribution in [3.05, 3.63) is 59.5 Å². The van der Waals surface area contributed by atoms with Gasteiger partial charge >= 0.3 is 0 Å². The van der Waals surface area contributed by atoms with Gasteiger partial charge in [0, 0.05) is 42.2 Å². The third-order valence-corrected chi connectivity index (χ3v) is 4.08. The van der Waals surface area contributed by atoms with E-state index in [1.165, 1.54) is 0 Å². The van der Waals surface area contributed by atoms with Crippen LogP contribution in [0.15, 0.2) is 59.5 Å². The van der Waals surface area contributed by atoms with Crippen LogP contribution in [0.5, 0.6) is 0 Å². The SMILES string of the molecule is CCN(C)c1cc(-c2cncc(Br)c2)cc(-c2ccccn2)n1. The fourth-order valence-electron chi connectivity index (χ4n) is 2.26. The second kappa shape index (κ2) is 6.87. The summed E-state index contributed by atoms with van der Waals surface area (Å²) >= 11 is 3.48. The second-order valence-electron chi connectivity index (χ2n) is 5.22. The Morgan fingerprint density at radius 3 is 2.61 bits per heavy atom. The summed E-state index contributed by atoms with van der Waals surface area (Å²) < 4.78 is 0.955. The van der Waals surface area contributed by atoms with Crippen molar-refractivity contribution in [1.29, 1.82) is 0 Å². The Hall–Kier alpha value is -2.27. The highest BCUT2D eigenvalue weighted by Gasteiger charge is 2.10. The highest BCUT2D eigenvalue weighted by Crippen LogP contribution is 2.29. The van der Waals surface area contributed by atoms with E-state index >= 15 is 0 Å². The number of hydrogen-bond acceptors (Lipinski definition) is 4. The fraction of sp³-hybridized carbons (Fsp3) is 0.167. The molecule has 0 bridgehead atoms. The molecule has 23 heavy (non-hydrogen) atoms. The molecule has 0 spiro atoms. The zero-order valence-corrected chi connectivity index (χ0v) is 14.7. The van der Waals surface area contributed by atoms with Gasteiger partial charge in [-0.05, 0) is 58.7 Å². The van der Waals surface area contributed by atoms with Crippen molar-refractivity contribution in [3.8, 4) is 22.5 Å². The number of halogens is 1. The molecule has 3 aromatic rings. The quantitative estimate of drug-likeness (QED) is 0.683. The minimum atomic E-state index is 0.860. The first-order valence-electron chi connectivity index (χ1n) is 7.43. The van der Waals surface area contributed by atoms with Crippen LogP contribution < -0.4 is 4.90 Å². The number of rotatable bonds is 4. The zero-order valence-electron chi connectivity index (χ0n) is 13.1. The van der Waals surface area contributed by atoms with Crippen LogP contribution >= 0.6 is 15.9 Å². The maximum atomic E-state index is 4.75. The molecule has 0 aliphatic heterocycles. The number of anilines is 1. The van der Waals surface area contributed by atoms with Crippen molar-refractivity contribution in [2.45, 2.75) is 6.92 Å². The van der Waals surface area contributed by atoms with Crippen LogP contribution in [0.4, 0.5) is 5.82 Å². The Labute approximate surface area is 144 Å². The maximum Gasteiger partial charge on any atom is 0.129 e. The summed E-state index contributed by atoms with van der Waals surface area (Å²) in [4.78, 5) is 15.5. The molecule has 4 nitrogen and oxygen atoms in total. The molecule has 0 saturated heterocycles. The van der Waals surface area contributed by atoms with Crippen LogP contribution in [0.3, 0.4) is 0 Å². The van der Waals surface area contributed by atoms with Gasteiger partial charge < -0.3 is 4.90 Å². The molecule has 116 valence electrons. The average molecular weight is 369 g/mol. The summed E-state index contributed by atoms with van der Waals surface area (Å²) in [5.41, 5.74) is 3.84. The average Bonchev–Trinajstić information content (AvgIpc) is 2.61. The second-order valence-corrected chi connectivity index (χ2v) is 6.14. The monoisotopic (exact) mass is 368 g/mol. The normalized spacial score (nSPS) is 10.6. The molecule has 0 aromatic carbocycles. The van der Waals surface area contributed by atoms with Crippen molar-refractivity contribution in [3.63, 3.8) is 0 Å². The Morgan fingerprint density at radius 1 is 1.04 bits per heavy atom. The molecule has 0 radical (unpaired) electrons. The summed E-state index contributed by atoms with van der Waals surface area (Å²) in [6, 6.07) is 12.0. The van der Waals surface area contributed by atoms with E-state index in [2.05, 4.69) is 55.9 Å². The van der Waals surface area contributed by atoms with E-state index in [-0.39, 0.29) is 0 Å². The maximum absolute atomic E-state index is 4.75. The van der Waals surface area contributed by atoms with Crippen molar-refractivity contribution in [2.75, 3.05) is 18.5 Å². The van der Waals surface area contributed by atoms with Crippen molar-refractivity contribution in [2.24, 2.45) is 0 Å². The highest BCUT2D eigenvalue weighted by molar-refractivity contribution is 9.10. The van der Waals surface area contributed by atoms with E-state index in [1.54, 1.807) is 12.4 Å². The van der Waals surface area contributed by atoms with Crippen LogP contribution in [0, 0.1) is 0 Å². The fourth-order valence-corrected chi connectivity index (χ4v) is 2.62. The van der Waals surface area contributed by atoms with E-state index < -0.39 is 0 Å². The Kier molecular flexibility index (Phi) is 4.67. The molecule has 0 N–H and O–H groups in total. The lowest BCUT2D eigenvalue weighted by Crippen LogP contribution is -2.17. The van der Waals surface area contributed by atoms with Crippen molar-refractivity contribution in [1.82, 2.24) is 15.0 Å². The van der Waals surface area contributed by atoms with E-state index in [0.29, 0.717) is 0 Å². The standard InChI is InChI=1S/C18H17BrN4/c1-3-23(2)18-10-13(14-8-15(19)12-20-11-14)9-17(22-18)16-6-4-5-7-21-16/h4-12H,3H2,1-2H3. The Bertz CT molecular complexity index is 805. The van der Waals surface area contributed by atoms with Gasteiger partial charge in [0.05, 0.1) is 11.4 Å². The summed E-state index contributed by atoms with van der Waals surface area (Å²) in [6.07, 6.45) is 5.43. The number of nitrogens with zero attached hydrogens (tertiary/aromatic N) is 4. The molecule has 5 heteroatoms.